The highest BCUT2D eigenvalue weighted by atomic mass is 16.1. The van der Waals surface area contributed by atoms with Crippen molar-refractivity contribution in [3.8, 4) is 5.69 Å². The summed E-state index contributed by atoms with van der Waals surface area (Å²) in [7, 11) is 0. The second-order valence-electron chi connectivity index (χ2n) is 4.13. The summed E-state index contributed by atoms with van der Waals surface area (Å²) in [6.07, 6.45) is 0.510. The standard InChI is InChI=1S/C14H16N2O/c1-4-14(17)12-7-5-6-8-13(12)16-11(3)9-10(2)15-16/h5-9H,4H2,1-3H3. The highest BCUT2D eigenvalue weighted by molar-refractivity contribution is 5.99. The third-order valence-electron chi connectivity index (χ3n) is 2.76. The Balaban J connectivity index is 2.59. The molecule has 3 heteroatoms. The molecule has 0 N–H and O–H groups in total. The maximum atomic E-state index is 11.9. The monoisotopic (exact) mass is 228 g/mol. The summed E-state index contributed by atoms with van der Waals surface area (Å²) in [6.45, 7) is 5.82. The molecule has 0 radical (unpaired) electrons. The first-order chi connectivity index (χ1) is 8.13. The minimum atomic E-state index is 0.146. The molecular formula is C14H16N2O. The van der Waals surface area contributed by atoms with E-state index in [4.69, 9.17) is 0 Å². The molecular weight excluding hydrogens is 212 g/mol. The van der Waals surface area contributed by atoms with Crippen molar-refractivity contribution in [3.63, 3.8) is 0 Å². The summed E-state index contributed by atoms with van der Waals surface area (Å²) < 4.78 is 1.83. The fourth-order valence-electron chi connectivity index (χ4n) is 1.96. The lowest BCUT2D eigenvalue weighted by Crippen LogP contribution is -2.07. The second-order valence-corrected chi connectivity index (χ2v) is 4.13. The van der Waals surface area contributed by atoms with Gasteiger partial charge in [-0.1, -0.05) is 19.1 Å². The zero-order valence-electron chi connectivity index (χ0n) is 10.4. The zero-order chi connectivity index (χ0) is 12.4. The van der Waals surface area contributed by atoms with E-state index in [1.807, 2.05) is 55.8 Å². The Hall–Kier alpha value is -1.90. The zero-order valence-corrected chi connectivity index (χ0v) is 10.4. The van der Waals surface area contributed by atoms with Gasteiger partial charge in [-0.05, 0) is 32.0 Å². The molecule has 0 aliphatic heterocycles. The Kier molecular flexibility index (Phi) is 3.09. The predicted molar refractivity (Wildman–Crippen MR) is 67.7 cm³/mol. The van der Waals surface area contributed by atoms with Crippen molar-refractivity contribution >= 4 is 5.78 Å². The van der Waals surface area contributed by atoms with Gasteiger partial charge in [-0.2, -0.15) is 5.10 Å². The van der Waals surface area contributed by atoms with Crippen LogP contribution >= 0.6 is 0 Å². The lowest BCUT2D eigenvalue weighted by atomic mass is 10.1. The van der Waals surface area contributed by atoms with Crippen molar-refractivity contribution < 1.29 is 4.79 Å². The van der Waals surface area contributed by atoms with Crippen molar-refractivity contribution in [3.05, 3.63) is 47.3 Å². The van der Waals surface area contributed by atoms with E-state index in [1.165, 1.54) is 0 Å². The second kappa shape index (κ2) is 4.53. The number of nitrogens with zero attached hydrogens (tertiary/aromatic N) is 2. The molecule has 0 aliphatic carbocycles. The van der Waals surface area contributed by atoms with Crippen LogP contribution in [0.2, 0.25) is 0 Å². The van der Waals surface area contributed by atoms with Gasteiger partial charge in [-0.25, -0.2) is 4.68 Å². The summed E-state index contributed by atoms with van der Waals surface area (Å²) in [4.78, 5) is 11.9. The number of carbonyl (C=O) groups excluding carboxylic acids is 1. The third kappa shape index (κ3) is 2.13. The number of rotatable bonds is 3. The van der Waals surface area contributed by atoms with Crippen molar-refractivity contribution in [1.29, 1.82) is 0 Å². The van der Waals surface area contributed by atoms with E-state index in [0.717, 1.165) is 22.6 Å². The van der Waals surface area contributed by atoms with Crippen LogP contribution in [-0.2, 0) is 0 Å². The quantitative estimate of drug-likeness (QED) is 0.757. The maximum Gasteiger partial charge on any atom is 0.164 e. The van der Waals surface area contributed by atoms with Gasteiger partial charge in [0.05, 0.1) is 11.4 Å². The van der Waals surface area contributed by atoms with Crippen LogP contribution in [0.25, 0.3) is 5.69 Å². The number of hydrogen-bond donors (Lipinski definition) is 0. The van der Waals surface area contributed by atoms with Crippen molar-refractivity contribution in [2.45, 2.75) is 27.2 Å². The molecule has 17 heavy (non-hydrogen) atoms. The molecule has 0 amide bonds. The SMILES string of the molecule is CCC(=O)c1ccccc1-n1nc(C)cc1C. The number of hydrogen-bond acceptors (Lipinski definition) is 2. The molecule has 2 rings (SSSR count). The highest BCUT2D eigenvalue weighted by Gasteiger charge is 2.12. The van der Waals surface area contributed by atoms with E-state index in [0.29, 0.717) is 6.42 Å². The van der Waals surface area contributed by atoms with Crippen LogP contribution in [0.3, 0.4) is 0 Å². The summed E-state index contributed by atoms with van der Waals surface area (Å²) >= 11 is 0. The number of benzene rings is 1. The van der Waals surface area contributed by atoms with Crippen LogP contribution in [0, 0.1) is 13.8 Å². The molecule has 1 aromatic carbocycles. The van der Waals surface area contributed by atoms with Crippen LogP contribution in [0.4, 0.5) is 0 Å². The van der Waals surface area contributed by atoms with Crippen LogP contribution in [-0.4, -0.2) is 15.6 Å². The number of para-hydroxylation sites is 1. The van der Waals surface area contributed by atoms with E-state index in [-0.39, 0.29) is 5.78 Å². The Morgan fingerprint density at radius 2 is 2.00 bits per heavy atom. The number of Topliss-reactive ketones (excluding diaryl/α,β-unsaturated/α-hetero) is 1. The Bertz CT molecular complexity index is 555. The molecule has 0 unspecified atom stereocenters. The Morgan fingerprint density at radius 3 is 2.59 bits per heavy atom. The van der Waals surface area contributed by atoms with Crippen molar-refractivity contribution in [1.82, 2.24) is 9.78 Å². The molecule has 2 aromatic rings. The van der Waals surface area contributed by atoms with Gasteiger partial charge in [0.1, 0.15) is 0 Å². The lowest BCUT2D eigenvalue weighted by Gasteiger charge is -2.09. The third-order valence-corrected chi connectivity index (χ3v) is 2.76. The van der Waals surface area contributed by atoms with E-state index in [2.05, 4.69) is 5.10 Å². The van der Waals surface area contributed by atoms with Gasteiger partial charge >= 0.3 is 0 Å². The molecule has 0 spiro atoms. The largest absolute Gasteiger partial charge is 0.294 e. The molecule has 3 nitrogen and oxygen atoms in total. The Labute approximate surface area is 101 Å². The minimum Gasteiger partial charge on any atom is -0.294 e. The normalized spacial score (nSPS) is 10.5. The molecule has 0 aliphatic rings. The van der Waals surface area contributed by atoms with Crippen LogP contribution < -0.4 is 0 Å². The van der Waals surface area contributed by atoms with Crippen LogP contribution in [0.15, 0.2) is 30.3 Å². The number of ketones is 1. The molecule has 1 aromatic heterocycles. The van der Waals surface area contributed by atoms with E-state index in [9.17, 15) is 4.79 Å². The fourth-order valence-corrected chi connectivity index (χ4v) is 1.96. The van der Waals surface area contributed by atoms with Crippen LogP contribution in [0.5, 0.6) is 0 Å². The molecule has 0 saturated carbocycles. The smallest absolute Gasteiger partial charge is 0.164 e. The summed E-state index contributed by atoms with van der Waals surface area (Å²) in [6, 6.07) is 9.61. The van der Waals surface area contributed by atoms with E-state index in [1.54, 1.807) is 0 Å². The molecule has 0 bridgehead atoms. The maximum absolute atomic E-state index is 11.9. The van der Waals surface area contributed by atoms with Crippen LogP contribution in [0.1, 0.15) is 35.1 Å². The summed E-state index contributed by atoms with van der Waals surface area (Å²) in [5.74, 6) is 0.146. The molecule has 0 atom stereocenters. The molecule has 88 valence electrons. The van der Waals surface area contributed by atoms with Gasteiger partial charge in [0, 0.05) is 17.7 Å². The Morgan fingerprint density at radius 1 is 1.29 bits per heavy atom. The van der Waals surface area contributed by atoms with E-state index >= 15 is 0 Å². The fraction of sp³-hybridized carbons (Fsp3) is 0.286. The first-order valence-electron chi connectivity index (χ1n) is 5.79. The molecule has 0 fully saturated rings. The van der Waals surface area contributed by atoms with Gasteiger partial charge in [0.25, 0.3) is 0 Å². The number of carbonyl (C=O) groups is 1. The van der Waals surface area contributed by atoms with E-state index < -0.39 is 0 Å². The predicted octanol–water partition coefficient (Wildman–Crippen LogP) is 3.08. The average molecular weight is 228 g/mol. The average Bonchev–Trinajstić information content (AvgIpc) is 2.67. The first-order valence-corrected chi connectivity index (χ1v) is 5.79. The number of aromatic nitrogens is 2. The van der Waals surface area contributed by atoms with Gasteiger partial charge in [0.2, 0.25) is 0 Å². The van der Waals surface area contributed by atoms with Gasteiger partial charge < -0.3 is 0 Å². The first kappa shape index (κ1) is 11.6. The molecule has 0 saturated heterocycles. The molecule has 1 heterocycles. The highest BCUT2D eigenvalue weighted by Crippen LogP contribution is 2.18. The number of aryl methyl sites for hydroxylation is 2. The van der Waals surface area contributed by atoms with Gasteiger partial charge in [-0.3, -0.25) is 4.79 Å². The summed E-state index contributed by atoms with van der Waals surface area (Å²) in [5, 5.41) is 4.42. The van der Waals surface area contributed by atoms with Gasteiger partial charge in [-0.15, -0.1) is 0 Å². The minimum absolute atomic E-state index is 0.146. The lowest BCUT2D eigenvalue weighted by molar-refractivity contribution is 0.0988. The van der Waals surface area contributed by atoms with Crippen molar-refractivity contribution in [2.24, 2.45) is 0 Å². The topological polar surface area (TPSA) is 34.9 Å². The van der Waals surface area contributed by atoms with Gasteiger partial charge in [0.15, 0.2) is 5.78 Å². The van der Waals surface area contributed by atoms with Crippen molar-refractivity contribution in [2.75, 3.05) is 0 Å². The summed E-state index contributed by atoms with van der Waals surface area (Å²) in [5.41, 5.74) is 3.60.